The van der Waals surface area contributed by atoms with Gasteiger partial charge in [-0.15, -0.1) is 6.58 Å². The second-order valence-electron chi connectivity index (χ2n) is 8.92. The molecule has 0 amide bonds. The van der Waals surface area contributed by atoms with Gasteiger partial charge in [0.15, 0.2) is 5.65 Å². The molecular weight excluding hydrogens is 452 g/mol. The van der Waals surface area contributed by atoms with Gasteiger partial charge in [-0.3, -0.25) is 14.7 Å². The molecule has 2 N–H and O–H groups in total. The molecule has 9 heteroatoms. The SMILES string of the molecule is C=CCn1c(=O)c2cnc(Nc3ccc4c(c3)CCNC4)nc2n1-c1ccnc(CN(CC)CC)c1. The van der Waals surface area contributed by atoms with Crippen LogP contribution in [0.25, 0.3) is 16.7 Å². The van der Waals surface area contributed by atoms with Crippen LogP contribution in [0.2, 0.25) is 0 Å². The van der Waals surface area contributed by atoms with Crippen molar-refractivity contribution in [3.05, 3.63) is 82.6 Å². The van der Waals surface area contributed by atoms with Crippen LogP contribution in [-0.4, -0.2) is 48.8 Å². The minimum absolute atomic E-state index is 0.153. The summed E-state index contributed by atoms with van der Waals surface area (Å²) in [5.74, 6) is 0.443. The Hall–Kier alpha value is -3.82. The van der Waals surface area contributed by atoms with Crippen LogP contribution in [0.4, 0.5) is 11.6 Å². The maximum absolute atomic E-state index is 13.3. The highest BCUT2D eigenvalue weighted by Gasteiger charge is 2.18. The molecule has 0 atom stereocenters. The van der Waals surface area contributed by atoms with Crippen molar-refractivity contribution in [2.24, 2.45) is 0 Å². The lowest BCUT2D eigenvalue weighted by Gasteiger charge is -2.18. The summed E-state index contributed by atoms with van der Waals surface area (Å²) in [7, 11) is 0. The molecule has 0 aliphatic carbocycles. The third-order valence-corrected chi connectivity index (χ3v) is 6.65. The maximum Gasteiger partial charge on any atom is 0.278 e. The molecule has 0 radical (unpaired) electrons. The number of hydrogen-bond acceptors (Lipinski definition) is 7. The molecular formula is C27H32N8O. The average Bonchev–Trinajstić information content (AvgIpc) is 3.18. The summed E-state index contributed by atoms with van der Waals surface area (Å²) < 4.78 is 3.48. The Kier molecular flexibility index (Phi) is 6.92. The molecule has 4 aromatic rings. The molecule has 0 saturated heterocycles. The van der Waals surface area contributed by atoms with Gasteiger partial charge in [-0.2, -0.15) is 4.98 Å². The van der Waals surface area contributed by atoms with Crippen molar-refractivity contribution in [3.8, 4) is 5.69 Å². The van der Waals surface area contributed by atoms with Crippen LogP contribution in [0.5, 0.6) is 0 Å². The van der Waals surface area contributed by atoms with Crippen molar-refractivity contribution < 1.29 is 0 Å². The quantitative estimate of drug-likeness (QED) is 0.352. The lowest BCUT2D eigenvalue weighted by molar-refractivity contribution is 0.292. The Labute approximate surface area is 210 Å². The van der Waals surface area contributed by atoms with E-state index in [0.29, 0.717) is 23.5 Å². The number of hydrogen-bond donors (Lipinski definition) is 2. The van der Waals surface area contributed by atoms with Gasteiger partial charge in [0.1, 0.15) is 5.39 Å². The Balaban J connectivity index is 1.56. The maximum atomic E-state index is 13.3. The van der Waals surface area contributed by atoms with Crippen molar-refractivity contribution >= 4 is 22.7 Å². The van der Waals surface area contributed by atoms with Gasteiger partial charge in [-0.1, -0.05) is 26.0 Å². The average molecular weight is 485 g/mol. The standard InChI is InChI=1S/C27H32N8O/c1-4-13-34-26(36)24-17-30-27(31-21-8-7-20-16-28-11-9-19(20)14-21)32-25(24)35(34)23-10-12-29-22(15-23)18-33(5-2)6-3/h4,7-8,10,12,14-15,17,28H,1,5-6,9,11,13,16,18H2,2-3H3,(H,30,31,32). The molecule has 0 fully saturated rings. The summed E-state index contributed by atoms with van der Waals surface area (Å²) in [5, 5.41) is 7.19. The topological polar surface area (TPSA) is 92.9 Å². The predicted molar refractivity (Wildman–Crippen MR) is 143 cm³/mol. The summed E-state index contributed by atoms with van der Waals surface area (Å²) in [6, 6.07) is 10.2. The normalized spacial score (nSPS) is 13.2. The van der Waals surface area contributed by atoms with E-state index in [1.54, 1.807) is 23.2 Å². The molecule has 0 unspecified atom stereocenters. The van der Waals surface area contributed by atoms with E-state index < -0.39 is 0 Å². The number of aromatic nitrogens is 5. The number of fused-ring (bicyclic) bond motifs is 2. The van der Waals surface area contributed by atoms with Gasteiger partial charge < -0.3 is 10.6 Å². The monoisotopic (exact) mass is 484 g/mol. The van der Waals surface area contributed by atoms with Crippen LogP contribution in [0, 0.1) is 0 Å². The summed E-state index contributed by atoms with van der Waals surface area (Å²) >= 11 is 0. The second-order valence-corrected chi connectivity index (χ2v) is 8.92. The molecule has 1 aliphatic rings. The smallest absolute Gasteiger partial charge is 0.278 e. The van der Waals surface area contributed by atoms with Gasteiger partial charge >= 0.3 is 0 Å². The number of nitrogens with one attached hydrogen (secondary N) is 2. The minimum atomic E-state index is -0.153. The van der Waals surface area contributed by atoms with Crippen molar-refractivity contribution in [2.45, 2.75) is 39.9 Å². The molecule has 4 heterocycles. The van der Waals surface area contributed by atoms with Crippen LogP contribution in [0.3, 0.4) is 0 Å². The van der Waals surface area contributed by atoms with E-state index in [0.717, 1.165) is 56.2 Å². The van der Waals surface area contributed by atoms with E-state index in [-0.39, 0.29) is 5.56 Å². The van der Waals surface area contributed by atoms with Crippen LogP contribution >= 0.6 is 0 Å². The van der Waals surface area contributed by atoms with Crippen LogP contribution in [-0.2, 0) is 26.1 Å². The number of nitrogens with zero attached hydrogens (tertiary/aromatic N) is 6. The largest absolute Gasteiger partial charge is 0.324 e. The van der Waals surface area contributed by atoms with E-state index in [1.165, 1.54) is 11.1 Å². The molecule has 0 saturated carbocycles. The second kappa shape index (κ2) is 10.4. The summed E-state index contributed by atoms with van der Waals surface area (Å²) in [5.41, 5.74) is 5.72. The first kappa shape index (κ1) is 23.9. The first-order chi connectivity index (χ1) is 17.6. The highest BCUT2D eigenvalue weighted by molar-refractivity contribution is 5.77. The molecule has 36 heavy (non-hydrogen) atoms. The van der Waals surface area contributed by atoms with Crippen LogP contribution in [0.15, 0.2) is 60.2 Å². The molecule has 5 rings (SSSR count). The zero-order valence-electron chi connectivity index (χ0n) is 20.9. The van der Waals surface area contributed by atoms with Crippen LogP contribution in [0.1, 0.15) is 30.7 Å². The van der Waals surface area contributed by atoms with Gasteiger partial charge in [-0.25, -0.2) is 14.3 Å². The minimum Gasteiger partial charge on any atom is -0.324 e. The predicted octanol–water partition coefficient (Wildman–Crippen LogP) is 3.39. The van der Waals surface area contributed by atoms with E-state index >= 15 is 0 Å². The first-order valence-electron chi connectivity index (χ1n) is 12.5. The highest BCUT2D eigenvalue weighted by Crippen LogP contribution is 2.23. The zero-order chi connectivity index (χ0) is 25.1. The third-order valence-electron chi connectivity index (χ3n) is 6.65. The molecule has 1 aliphatic heterocycles. The van der Waals surface area contributed by atoms with Crippen molar-refractivity contribution in [1.29, 1.82) is 0 Å². The number of pyridine rings is 1. The summed E-state index contributed by atoms with van der Waals surface area (Å²) in [4.78, 5) is 29.4. The first-order valence-corrected chi connectivity index (χ1v) is 12.5. The van der Waals surface area contributed by atoms with Gasteiger partial charge in [-0.05, 0) is 61.4 Å². The lowest BCUT2D eigenvalue weighted by atomic mass is 10.0. The van der Waals surface area contributed by atoms with E-state index in [9.17, 15) is 4.79 Å². The van der Waals surface area contributed by atoms with Gasteiger partial charge in [0.25, 0.3) is 5.56 Å². The van der Waals surface area contributed by atoms with Gasteiger partial charge in [0.2, 0.25) is 5.95 Å². The summed E-state index contributed by atoms with van der Waals surface area (Å²) in [6.45, 7) is 13.0. The molecule has 9 nitrogen and oxygen atoms in total. The number of anilines is 2. The number of benzene rings is 1. The van der Waals surface area contributed by atoms with Crippen molar-refractivity contribution in [2.75, 3.05) is 25.0 Å². The molecule has 3 aromatic heterocycles. The Morgan fingerprint density at radius 3 is 2.83 bits per heavy atom. The highest BCUT2D eigenvalue weighted by atomic mass is 16.1. The fourth-order valence-electron chi connectivity index (χ4n) is 4.68. The Morgan fingerprint density at radius 1 is 1.17 bits per heavy atom. The fourth-order valence-corrected chi connectivity index (χ4v) is 4.68. The summed E-state index contributed by atoms with van der Waals surface area (Å²) in [6.07, 6.45) is 6.09. The van der Waals surface area contributed by atoms with Gasteiger partial charge in [0.05, 0.1) is 17.9 Å². The van der Waals surface area contributed by atoms with E-state index in [1.807, 2.05) is 22.9 Å². The Bertz CT molecular complexity index is 1450. The fraction of sp³-hybridized carbons (Fsp3) is 0.333. The van der Waals surface area contributed by atoms with E-state index in [2.05, 4.69) is 58.1 Å². The number of allylic oxidation sites excluding steroid dienone is 1. The third kappa shape index (κ3) is 4.67. The number of rotatable bonds is 9. The molecule has 0 bridgehead atoms. The van der Waals surface area contributed by atoms with Crippen molar-refractivity contribution in [3.63, 3.8) is 0 Å². The van der Waals surface area contributed by atoms with Crippen LogP contribution < -0.4 is 16.2 Å². The Morgan fingerprint density at radius 2 is 2.03 bits per heavy atom. The molecule has 0 spiro atoms. The van der Waals surface area contributed by atoms with Gasteiger partial charge in [0, 0.05) is 31.2 Å². The lowest BCUT2D eigenvalue weighted by Crippen LogP contribution is -2.23. The molecule has 1 aromatic carbocycles. The molecule has 186 valence electrons. The van der Waals surface area contributed by atoms with Crippen molar-refractivity contribution in [1.82, 2.24) is 34.5 Å². The van der Waals surface area contributed by atoms with E-state index in [4.69, 9.17) is 4.98 Å². The zero-order valence-corrected chi connectivity index (χ0v) is 20.9.